The number of aryl methyl sites for hydroxylation is 2. The van der Waals surface area contributed by atoms with Gasteiger partial charge < -0.3 is 9.64 Å². The first-order valence-corrected chi connectivity index (χ1v) is 11.9. The molecule has 0 bridgehead atoms. The fourth-order valence-electron chi connectivity index (χ4n) is 4.50. The lowest BCUT2D eigenvalue weighted by atomic mass is 10.0. The van der Waals surface area contributed by atoms with Crippen LogP contribution in [-0.2, 0) is 20.7 Å². The van der Waals surface area contributed by atoms with E-state index in [-0.39, 0.29) is 11.9 Å². The van der Waals surface area contributed by atoms with Crippen LogP contribution >= 0.6 is 11.6 Å². The predicted octanol–water partition coefficient (Wildman–Crippen LogP) is 2.78. The van der Waals surface area contributed by atoms with Crippen LogP contribution in [0.2, 0.25) is 5.02 Å². The monoisotopic (exact) mass is 484 g/mol. The first kappa shape index (κ1) is 24.1. The normalized spacial score (nSPS) is 15.5. The summed E-state index contributed by atoms with van der Waals surface area (Å²) in [6, 6.07) is 6.75. The van der Waals surface area contributed by atoms with Crippen LogP contribution in [0.1, 0.15) is 41.9 Å². The van der Waals surface area contributed by atoms with E-state index in [0.29, 0.717) is 56.4 Å². The van der Waals surface area contributed by atoms with Crippen LogP contribution < -0.4 is 0 Å². The van der Waals surface area contributed by atoms with Gasteiger partial charge in [0.25, 0.3) is 5.78 Å². The number of aromatic nitrogens is 4. The molecular formula is C24H29ClN6O3. The summed E-state index contributed by atoms with van der Waals surface area (Å²) in [5.74, 6) is 0.376. The maximum atomic E-state index is 13.0. The molecule has 1 aromatic carbocycles. The molecule has 9 nitrogen and oxygen atoms in total. The standard InChI is InChI=1S/C24H29ClN6O3/c1-4-34-23(33)22(18-5-7-19(25)8-6-18)30-13-11-29(12-14-30)21(32)10-9-20-16(2)28-24-26-15-27-31(24)17(20)3/h5-8,15,22H,4,9-14H2,1-3H3. The lowest BCUT2D eigenvalue weighted by Crippen LogP contribution is -2.51. The summed E-state index contributed by atoms with van der Waals surface area (Å²) in [7, 11) is 0. The van der Waals surface area contributed by atoms with Gasteiger partial charge in [0.15, 0.2) is 0 Å². The van der Waals surface area contributed by atoms with Crippen LogP contribution in [0, 0.1) is 13.8 Å². The minimum absolute atomic E-state index is 0.0938. The van der Waals surface area contributed by atoms with Crippen molar-refractivity contribution in [3.8, 4) is 0 Å². The van der Waals surface area contributed by atoms with Crippen molar-refractivity contribution in [1.82, 2.24) is 29.4 Å². The number of carbonyl (C=O) groups excluding carboxylic acids is 2. The van der Waals surface area contributed by atoms with Crippen molar-refractivity contribution in [3.63, 3.8) is 0 Å². The summed E-state index contributed by atoms with van der Waals surface area (Å²) in [5.41, 5.74) is 3.69. The van der Waals surface area contributed by atoms with Gasteiger partial charge in [-0.1, -0.05) is 23.7 Å². The molecule has 1 amide bonds. The topological polar surface area (TPSA) is 92.9 Å². The number of piperazine rings is 1. The Hall–Kier alpha value is -3.04. The molecule has 2 aromatic heterocycles. The summed E-state index contributed by atoms with van der Waals surface area (Å²) in [6.45, 7) is 8.31. The fraction of sp³-hybridized carbons (Fsp3) is 0.458. The molecule has 1 saturated heterocycles. The Morgan fingerprint density at radius 1 is 1.12 bits per heavy atom. The molecule has 180 valence electrons. The number of benzene rings is 1. The molecule has 1 aliphatic heterocycles. The van der Waals surface area contributed by atoms with Crippen LogP contribution in [0.5, 0.6) is 0 Å². The number of esters is 1. The minimum atomic E-state index is -0.514. The Labute approximate surface area is 203 Å². The van der Waals surface area contributed by atoms with E-state index in [1.165, 1.54) is 6.33 Å². The van der Waals surface area contributed by atoms with Gasteiger partial charge in [0.2, 0.25) is 5.91 Å². The van der Waals surface area contributed by atoms with Gasteiger partial charge in [0, 0.05) is 49.0 Å². The maximum absolute atomic E-state index is 13.0. The van der Waals surface area contributed by atoms with E-state index in [1.54, 1.807) is 23.6 Å². The highest BCUT2D eigenvalue weighted by atomic mass is 35.5. The smallest absolute Gasteiger partial charge is 0.328 e. The third kappa shape index (κ3) is 5.05. The molecule has 1 aliphatic rings. The SMILES string of the molecule is CCOC(=O)C(c1ccc(Cl)cc1)N1CCN(C(=O)CCc2c(C)nc3ncnn3c2C)CC1. The van der Waals surface area contributed by atoms with Crippen LogP contribution in [0.15, 0.2) is 30.6 Å². The molecule has 0 N–H and O–H groups in total. The second-order valence-electron chi connectivity index (χ2n) is 8.36. The molecule has 0 radical (unpaired) electrons. The quantitative estimate of drug-likeness (QED) is 0.476. The molecule has 1 unspecified atom stereocenters. The van der Waals surface area contributed by atoms with Gasteiger partial charge in [-0.15, -0.1) is 0 Å². The van der Waals surface area contributed by atoms with E-state index >= 15 is 0 Å². The molecule has 0 saturated carbocycles. The first-order valence-electron chi connectivity index (χ1n) is 11.5. The second kappa shape index (κ2) is 10.5. The molecular weight excluding hydrogens is 456 g/mol. The van der Waals surface area contributed by atoms with E-state index in [9.17, 15) is 9.59 Å². The summed E-state index contributed by atoms with van der Waals surface area (Å²) in [6.07, 6.45) is 2.47. The number of nitrogens with zero attached hydrogens (tertiary/aromatic N) is 6. The van der Waals surface area contributed by atoms with Crippen molar-refractivity contribution < 1.29 is 14.3 Å². The zero-order chi connectivity index (χ0) is 24.2. The van der Waals surface area contributed by atoms with Gasteiger partial charge in [-0.2, -0.15) is 10.1 Å². The summed E-state index contributed by atoms with van der Waals surface area (Å²) >= 11 is 6.03. The van der Waals surface area contributed by atoms with E-state index < -0.39 is 6.04 Å². The van der Waals surface area contributed by atoms with Gasteiger partial charge in [-0.05, 0) is 50.5 Å². The lowest BCUT2D eigenvalue weighted by Gasteiger charge is -2.38. The highest BCUT2D eigenvalue weighted by Gasteiger charge is 2.32. The lowest BCUT2D eigenvalue weighted by molar-refractivity contribution is -0.151. The van der Waals surface area contributed by atoms with Gasteiger partial charge in [-0.25, -0.2) is 14.3 Å². The van der Waals surface area contributed by atoms with Gasteiger partial charge in [-0.3, -0.25) is 9.69 Å². The molecule has 34 heavy (non-hydrogen) atoms. The van der Waals surface area contributed by atoms with E-state index in [0.717, 1.165) is 22.5 Å². The molecule has 10 heteroatoms. The number of fused-ring (bicyclic) bond motifs is 1. The van der Waals surface area contributed by atoms with Crippen molar-refractivity contribution in [2.75, 3.05) is 32.8 Å². The van der Waals surface area contributed by atoms with Crippen molar-refractivity contribution in [2.24, 2.45) is 0 Å². The molecule has 4 rings (SSSR count). The van der Waals surface area contributed by atoms with E-state index in [1.807, 2.05) is 30.9 Å². The largest absolute Gasteiger partial charge is 0.465 e. The number of rotatable bonds is 7. The van der Waals surface area contributed by atoms with Gasteiger partial charge >= 0.3 is 5.97 Å². The van der Waals surface area contributed by atoms with Crippen LogP contribution in [-0.4, -0.2) is 74.0 Å². The Morgan fingerprint density at radius 2 is 1.82 bits per heavy atom. The van der Waals surface area contributed by atoms with E-state index in [4.69, 9.17) is 16.3 Å². The highest BCUT2D eigenvalue weighted by molar-refractivity contribution is 6.30. The molecule has 3 heterocycles. The number of carbonyl (C=O) groups is 2. The summed E-state index contributed by atoms with van der Waals surface area (Å²) in [4.78, 5) is 38.3. The average molecular weight is 485 g/mol. The number of halogens is 1. The highest BCUT2D eigenvalue weighted by Crippen LogP contribution is 2.26. The minimum Gasteiger partial charge on any atom is -0.465 e. The van der Waals surface area contributed by atoms with Crippen LogP contribution in [0.4, 0.5) is 0 Å². The number of ether oxygens (including phenoxy) is 1. The van der Waals surface area contributed by atoms with E-state index in [2.05, 4.69) is 20.0 Å². The third-order valence-corrected chi connectivity index (χ3v) is 6.56. The summed E-state index contributed by atoms with van der Waals surface area (Å²) in [5, 5.41) is 4.83. The molecule has 0 spiro atoms. The summed E-state index contributed by atoms with van der Waals surface area (Å²) < 4.78 is 7.05. The van der Waals surface area contributed by atoms with Crippen LogP contribution in [0.3, 0.4) is 0 Å². The Bertz CT molecular complexity index is 1170. The average Bonchev–Trinajstić information content (AvgIpc) is 3.29. The van der Waals surface area contributed by atoms with Crippen molar-refractivity contribution >= 4 is 29.3 Å². The second-order valence-corrected chi connectivity index (χ2v) is 8.79. The maximum Gasteiger partial charge on any atom is 0.328 e. The number of amides is 1. The number of hydrogen-bond acceptors (Lipinski definition) is 7. The van der Waals surface area contributed by atoms with Crippen LogP contribution in [0.25, 0.3) is 5.78 Å². The fourth-order valence-corrected chi connectivity index (χ4v) is 4.62. The Balaban J connectivity index is 1.39. The first-order chi connectivity index (χ1) is 16.4. The van der Waals surface area contributed by atoms with Gasteiger partial charge in [0.1, 0.15) is 12.4 Å². The van der Waals surface area contributed by atoms with Crippen molar-refractivity contribution in [3.05, 3.63) is 58.1 Å². The molecule has 0 aliphatic carbocycles. The van der Waals surface area contributed by atoms with Crippen molar-refractivity contribution in [2.45, 2.75) is 39.7 Å². The molecule has 1 fully saturated rings. The molecule has 1 atom stereocenters. The zero-order valence-corrected chi connectivity index (χ0v) is 20.5. The predicted molar refractivity (Wildman–Crippen MR) is 128 cm³/mol. The Kier molecular flexibility index (Phi) is 7.43. The van der Waals surface area contributed by atoms with Gasteiger partial charge in [0.05, 0.1) is 6.61 Å². The number of hydrogen-bond donors (Lipinski definition) is 0. The van der Waals surface area contributed by atoms with Crippen molar-refractivity contribution in [1.29, 1.82) is 0 Å². The molecule has 3 aromatic rings. The third-order valence-electron chi connectivity index (χ3n) is 6.31. The Morgan fingerprint density at radius 3 is 2.50 bits per heavy atom. The zero-order valence-electron chi connectivity index (χ0n) is 19.7.